The van der Waals surface area contributed by atoms with E-state index in [1.165, 1.54) is 0 Å². The molecule has 25 heavy (non-hydrogen) atoms. The standard InChI is InChI=1S/C22H20N2O/c1-3-17-13-14-24(15-16-9-5-4-6-10-16)22(25)21-20(17)18-11-7-8-12-19(18)23(21)2/h3-13H,1,14-15H2,2H3. The lowest BCUT2D eigenvalue weighted by molar-refractivity contribution is 0.0755. The lowest BCUT2D eigenvalue weighted by Gasteiger charge is -2.21. The van der Waals surface area contributed by atoms with Crippen molar-refractivity contribution >= 4 is 22.4 Å². The molecule has 3 aromatic rings. The van der Waals surface area contributed by atoms with Gasteiger partial charge in [-0.1, -0.05) is 67.3 Å². The maximum Gasteiger partial charge on any atom is 0.271 e. The summed E-state index contributed by atoms with van der Waals surface area (Å²) < 4.78 is 2.01. The van der Waals surface area contributed by atoms with Gasteiger partial charge in [0.25, 0.3) is 5.91 Å². The molecule has 0 saturated heterocycles. The van der Waals surface area contributed by atoms with Gasteiger partial charge in [-0.25, -0.2) is 0 Å². The Morgan fingerprint density at radius 2 is 1.80 bits per heavy atom. The number of aromatic nitrogens is 1. The second kappa shape index (κ2) is 6.10. The minimum Gasteiger partial charge on any atom is -0.339 e. The van der Waals surface area contributed by atoms with Crippen LogP contribution in [-0.4, -0.2) is 21.9 Å². The summed E-state index contributed by atoms with van der Waals surface area (Å²) >= 11 is 0. The van der Waals surface area contributed by atoms with Crippen molar-refractivity contribution < 1.29 is 4.79 Å². The smallest absolute Gasteiger partial charge is 0.271 e. The fourth-order valence-corrected chi connectivity index (χ4v) is 3.60. The van der Waals surface area contributed by atoms with Crippen LogP contribution in [0, 0.1) is 0 Å². The largest absolute Gasteiger partial charge is 0.339 e. The van der Waals surface area contributed by atoms with Crippen LogP contribution in [-0.2, 0) is 13.6 Å². The van der Waals surface area contributed by atoms with Gasteiger partial charge in [0.05, 0.1) is 0 Å². The first-order chi connectivity index (χ1) is 12.2. The molecule has 0 unspecified atom stereocenters. The number of nitrogens with zero attached hydrogens (tertiary/aromatic N) is 2. The molecule has 3 heteroatoms. The zero-order valence-corrected chi connectivity index (χ0v) is 14.3. The van der Waals surface area contributed by atoms with Gasteiger partial charge in [0.15, 0.2) is 0 Å². The van der Waals surface area contributed by atoms with Crippen molar-refractivity contribution in [1.82, 2.24) is 9.47 Å². The number of hydrogen-bond donors (Lipinski definition) is 0. The summed E-state index contributed by atoms with van der Waals surface area (Å²) in [5.74, 6) is 0.0608. The molecule has 0 saturated carbocycles. The molecule has 124 valence electrons. The number of aryl methyl sites for hydroxylation is 1. The lowest BCUT2D eigenvalue weighted by Crippen LogP contribution is -2.31. The number of benzene rings is 2. The number of allylic oxidation sites excluding steroid dienone is 2. The minimum absolute atomic E-state index is 0.0608. The molecule has 1 aromatic heterocycles. The normalized spacial score (nSPS) is 14.2. The minimum atomic E-state index is 0.0608. The van der Waals surface area contributed by atoms with Crippen molar-refractivity contribution in [3.63, 3.8) is 0 Å². The van der Waals surface area contributed by atoms with Crippen LogP contribution in [0.5, 0.6) is 0 Å². The second-order valence-electron chi connectivity index (χ2n) is 6.33. The Kier molecular flexibility index (Phi) is 3.77. The van der Waals surface area contributed by atoms with Gasteiger partial charge in [-0.05, 0) is 17.2 Å². The van der Waals surface area contributed by atoms with Crippen molar-refractivity contribution in [2.24, 2.45) is 7.05 Å². The van der Waals surface area contributed by atoms with E-state index in [9.17, 15) is 4.79 Å². The van der Waals surface area contributed by atoms with Crippen LogP contribution in [0.25, 0.3) is 16.5 Å². The van der Waals surface area contributed by atoms with Gasteiger partial charge in [0, 0.05) is 36.6 Å². The van der Waals surface area contributed by atoms with Crippen LogP contribution in [0.1, 0.15) is 21.6 Å². The molecular weight excluding hydrogens is 308 g/mol. The van der Waals surface area contributed by atoms with Gasteiger partial charge in [-0.15, -0.1) is 0 Å². The summed E-state index contributed by atoms with van der Waals surface area (Å²) in [5, 5.41) is 1.10. The lowest BCUT2D eigenvalue weighted by atomic mass is 10.0. The molecule has 2 aromatic carbocycles. The van der Waals surface area contributed by atoms with Crippen molar-refractivity contribution in [2.45, 2.75) is 6.54 Å². The van der Waals surface area contributed by atoms with Crippen LogP contribution in [0.15, 0.2) is 73.3 Å². The Bertz CT molecular complexity index is 996. The molecule has 0 atom stereocenters. The molecule has 3 nitrogen and oxygen atoms in total. The van der Waals surface area contributed by atoms with Crippen LogP contribution in [0.3, 0.4) is 0 Å². The molecular formula is C22H20N2O. The number of fused-ring (bicyclic) bond motifs is 3. The fourth-order valence-electron chi connectivity index (χ4n) is 3.60. The van der Waals surface area contributed by atoms with Crippen molar-refractivity contribution in [3.8, 4) is 0 Å². The third-order valence-corrected chi connectivity index (χ3v) is 4.85. The molecule has 0 N–H and O–H groups in total. The molecule has 4 rings (SSSR count). The van der Waals surface area contributed by atoms with E-state index in [1.54, 1.807) is 0 Å². The van der Waals surface area contributed by atoms with E-state index in [1.807, 2.05) is 52.9 Å². The molecule has 1 aliphatic rings. The first-order valence-electron chi connectivity index (χ1n) is 8.44. The number of carbonyl (C=O) groups excluding carboxylic acids is 1. The van der Waals surface area contributed by atoms with Gasteiger partial charge in [-0.3, -0.25) is 4.79 Å². The molecule has 0 spiro atoms. The number of carbonyl (C=O) groups is 1. The molecule has 1 amide bonds. The Labute approximate surface area is 147 Å². The molecule has 1 aliphatic heterocycles. The monoisotopic (exact) mass is 328 g/mol. The SMILES string of the molecule is C=CC1=CCN(Cc2ccccc2)C(=O)c2c1c1ccccc1n2C. The van der Waals surface area contributed by atoms with Crippen LogP contribution >= 0.6 is 0 Å². The molecule has 0 fully saturated rings. The van der Waals surface area contributed by atoms with E-state index < -0.39 is 0 Å². The van der Waals surface area contributed by atoms with E-state index in [0.29, 0.717) is 13.1 Å². The Morgan fingerprint density at radius 1 is 1.08 bits per heavy atom. The number of para-hydroxylation sites is 1. The highest BCUT2D eigenvalue weighted by atomic mass is 16.2. The number of hydrogen-bond acceptors (Lipinski definition) is 1. The Hall–Kier alpha value is -3.07. The molecule has 2 heterocycles. The Morgan fingerprint density at radius 3 is 2.56 bits per heavy atom. The number of rotatable bonds is 3. The van der Waals surface area contributed by atoms with Crippen molar-refractivity contribution in [2.75, 3.05) is 6.54 Å². The van der Waals surface area contributed by atoms with E-state index in [0.717, 1.165) is 33.3 Å². The molecule has 0 bridgehead atoms. The maximum atomic E-state index is 13.3. The summed E-state index contributed by atoms with van der Waals surface area (Å²) in [7, 11) is 1.96. The van der Waals surface area contributed by atoms with E-state index in [4.69, 9.17) is 0 Å². The van der Waals surface area contributed by atoms with Crippen LogP contribution in [0.4, 0.5) is 0 Å². The van der Waals surface area contributed by atoms with Crippen molar-refractivity contribution in [1.29, 1.82) is 0 Å². The Balaban J connectivity index is 1.87. The summed E-state index contributed by atoms with van der Waals surface area (Å²) in [6.45, 7) is 5.15. The average molecular weight is 328 g/mol. The average Bonchev–Trinajstić information content (AvgIpc) is 2.86. The molecule has 0 aliphatic carbocycles. The zero-order chi connectivity index (χ0) is 17.4. The van der Waals surface area contributed by atoms with Crippen molar-refractivity contribution in [3.05, 3.63) is 90.1 Å². The zero-order valence-electron chi connectivity index (χ0n) is 14.3. The van der Waals surface area contributed by atoms with Gasteiger partial charge < -0.3 is 9.47 Å². The second-order valence-corrected chi connectivity index (χ2v) is 6.33. The topological polar surface area (TPSA) is 25.2 Å². The third kappa shape index (κ3) is 2.49. The van der Waals surface area contributed by atoms with Gasteiger partial charge >= 0.3 is 0 Å². The predicted molar refractivity (Wildman–Crippen MR) is 102 cm³/mol. The molecule has 0 radical (unpaired) electrons. The van der Waals surface area contributed by atoms with Gasteiger partial charge in [0.2, 0.25) is 0 Å². The highest BCUT2D eigenvalue weighted by Gasteiger charge is 2.28. The summed E-state index contributed by atoms with van der Waals surface area (Å²) in [6.07, 6.45) is 3.96. The first kappa shape index (κ1) is 15.5. The summed E-state index contributed by atoms with van der Waals surface area (Å²) in [6, 6.07) is 18.3. The van der Waals surface area contributed by atoms with Crippen LogP contribution in [0.2, 0.25) is 0 Å². The quantitative estimate of drug-likeness (QED) is 0.699. The summed E-state index contributed by atoms with van der Waals surface area (Å²) in [5.41, 5.74) is 4.95. The number of amides is 1. The van der Waals surface area contributed by atoms with Gasteiger partial charge in [0.1, 0.15) is 5.69 Å². The predicted octanol–water partition coefficient (Wildman–Crippen LogP) is 4.40. The first-order valence-corrected chi connectivity index (χ1v) is 8.44. The summed E-state index contributed by atoms with van der Waals surface area (Å²) in [4.78, 5) is 15.2. The highest BCUT2D eigenvalue weighted by molar-refractivity contribution is 6.09. The van der Waals surface area contributed by atoms with Gasteiger partial charge in [-0.2, -0.15) is 0 Å². The highest BCUT2D eigenvalue weighted by Crippen LogP contribution is 2.34. The van der Waals surface area contributed by atoms with Crippen LogP contribution < -0.4 is 0 Å². The third-order valence-electron chi connectivity index (χ3n) is 4.85. The maximum absolute atomic E-state index is 13.3. The fraction of sp³-hybridized carbons (Fsp3) is 0.136. The van der Waals surface area contributed by atoms with E-state index >= 15 is 0 Å². The van der Waals surface area contributed by atoms with E-state index in [-0.39, 0.29) is 5.91 Å². The van der Waals surface area contributed by atoms with E-state index in [2.05, 4.69) is 36.9 Å².